The zero-order valence-electron chi connectivity index (χ0n) is 10.2. The van der Waals surface area contributed by atoms with E-state index in [2.05, 4.69) is 25.7 Å². The molecule has 0 aromatic heterocycles. The summed E-state index contributed by atoms with van der Waals surface area (Å²) in [5, 5.41) is 0. The molecule has 15 heavy (non-hydrogen) atoms. The quantitative estimate of drug-likeness (QED) is 0.713. The van der Waals surface area contributed by atoms with Crippen molar-refractivity contribution in [1.29, 1.82) is 0 Å². The van der Waals surface area contributed by atoms with Crippen LogP contribution in [0.3, 0.4) is 0 Å². The number of nitrogens with two attached hydrogens (primary N) is 1. The van der Waals surface area contributed by atoms with Crippen molar-refractivity contribution in [3.63, 3.8) is 0 Å². The van der Waals surface area contributed by atoms with Gasteiger partial charge in [0.25, 0.3) is 0 Å². The lowest BCUT2D eigenvalue weighted by Crippen LogP contribution is -2.59. The van der Waals surface area contributed by atoms with Crippen LogP contribution in [0.5, 0.6) is 0 Å². The van der Waals surface area contributed by atoms with Gasteiger partial charge in [-0.3, -0.25) is 4.90 Å². The molecule has 88 valence electrons. The number of likely N-dealkylation sites (tertiary alicyclic amines) is 1. The summed E-state index contributed by atoms with van der Waals surface area (Å²) in [6.07, 6.45) is 3.78. The van der Waals surface area contributed by atoms with Crippen molar-refractivity contribution < 1.29 is 4.74 Å². The third-order valence-electron chi connectivity index (χ3n) is 4.42. The number of piperidine rings is 1. The van der Waals surface area contributed by atoms with E-state index in [9.17, 15) is 0 Å². The first-order chi connectivity index (χ1) is 7.04. The van der Waals surface area contributed by atoms with Gasteiger partial charge in [-0.1, -0.05) is 0 Å². The van der Waals surface area contributed by atoms with Gasteiger partial charge in [0.05, 0.1) is 6.10 Å². The van der Waals surface area contributed by atoms with E-state index in [-0.39, 0.29) is 5.54 Å². The van der Waals surface area contributed by atoms with Crippen LogP contribution in [-0.2, 0) is 4.74 Å². The third kappa shape index (κ3) is 1.93. The van der Waals surface area contributed by atoms with Gasteiger partial charge in [0.15, 0.2) is 0 Å². The maximum Gasteiger partial charge on any atom is 0.0728 e. The molecule has 2 fully saturated rings. The van der Waals surface area contributed by atoms with Crippen LogP contribution in [0.15, 0.2) is 0 Å². The van der Waals surface area contributed by atoms with Crippen LogP contribution < -0.4 is 5.73 Å². The molecule has 3 heteroatoms. The first-order valence-electron chi connectivity index (χ1n) is 6.18. The van der Waals surface area contributed by atoms with Gasteiger partial charge >= 0.3 is 0 Å². The summed E-state index contributed by atoms with van der Waals surface area (Å²) in [6.45, 7) is 8.89. The average Bonchev–Trinajstić information content (AvgIpc) is 2.47. The topological polar surface area (TPSA) is 38.5 Å². The van der Waals surface area contributed by atoms with E-state index in [0.29, 0.717) is 18.2 Å². The SMILES string of the molecule is CC1CC(N)CCN1C1(C)CCOC1C. The van der Waals surface area contributed by atoms with Crippen LogP contribution in [0, 0.1) is 0 Å². The molecule has 0 amide bonds. The standard InChI is InChI=1S/C12H24N2O/c1-9-8-11(13)4-6-14(9)12(3)5-7-15-10(12)2/h9-11H,4-8,13H2,1-3H3. The Morgan fingerprint density at radius 1 is 1.40 bits per heavy atom. The highest BCUT2D eigenvalue weighted by Gasteiger charge is 2.45. The van der Waals surface area contributed by atoms with Gasteiger partial charge in [0.1, 0.15) is 0 Å². The molecule has 0 saturated carbocycles. The van der Waals surface area contributed by atoms with E-state index >= 15 is 0 Å². The normalized spacial score (nSPS) is 48.4. The minimum absolute atomic E-state index is 0.236. The molecule has 2 rings (SSSR count). The van der Waals surface area contributed by atoms with Gasteiger partial charge in [0.2, 0.25) is 0 Å². The van der Waals surface area contributed by atoms with E-state index in [1.54, 1.807) is 0 Å². The number of hydrogen-bond acceptors (Lipinski definition) is 3. The summed E-state index contributed by atoms with van der Waals surface area (Å²) >= 11 is 0. The van der Waals surface area contributed by atoms with Crippen LogP contribution in [0.25, 0.3) is 0 Å². The zero-order chi connectivity index (χ0) is 11.1. The highest BCUT2D eigenvalue weighted by Crippen LogP contribution is 2.35. The molecular formula is C12H24N2O. The van der Waals surface area contributed by atoms with Crippen molar-refractivity contribution in [2.24, 2.45) is 5.73 Å². The van der Waals surface area contributed by atoms with E-state index in [0.717, 1.165) is 32.4 Å². The largest absolute Gasteiger partial charge is 0.377 e. The fourth-order valence-electron chi connectivity index (χ4n) is 3.17. The second-order valence-corrected chi connectivity index (χ2v) is 5.45. The minimum Gasteiger partial charge on any atom is -0.377 e. The first kappa shape index (κ1) is 11.4. The van der Waals surface area contributed by atoms with Crippen LogP contribution >= 0.6 is 0 Å². The van der Waals surface area contributed by atoms with Crippen molar-refractivity contribution >= 4 is 0 Å². The number of ether oxygens (including phenoxy) is 1. The van der Waals surface area contributed by atoms with Crippen LogP contribution in [0.4, 0.5) is 0 Å². The minimum atomic E-state index is 0.236. The summed E-state index contributed by atoms with van der Waals surface area (Å²) in [7, 11) is 0. The third-order valence-corrected chi connectivity index (χ3v) is 4.42. The second kappa shape index (κ2) is 4.04. The lowest BCUT2D eigenvalue weighted by atomic mass is 9.86. The molecule has 0 aromatic carbocycles. The van der Waals surface area contributed by atoms with Gasteiger partial charge in [-0.15, -0.1) is 0 Å². The van der Waals surface area contributed by atoms with Gasteiger partial charge < -0.3 is 10.5 Å². The van der Waals surface area contributed by atoms with Gasteiger partial charge in [0, 0.05) is 30.8 Å². The molecule has 2 saturated heterocycles. The Bertz CT molecular complexity index is 234. The molecule has 4 unspecified atom stereocenters. The second-order valence-electron chi connectivity index (χ2n) is 5.45. The van der Waals surface area contributed by atoms with Crippen LogP contribution in [0.2, 0.25) is 0 Å². The zero-order valence-corrected chi connectivity index (χ0v) is 10.2. The summed E-state index contributed by atoms with van der Waals surface area (Å²) in [4.78, 5) is 2.62. The Morgan fingerprint density at radius 3 is 2.67 bits per heavy atom. The Hall–Kier alpha value is -0.120. The predicted octanol–water partition coefficient (Wildman–Crippen LogP) is 1.37. The van der Waals surface area contributed by atoms with Crippen molar-refractivity contribution in [3.8, 4) is 0 Å². The summed E-state index contributed by atoms with van der Waals surface area (Å²) in [5.41, 5.74) is 6.24. The summed E-state index contributed by atoms with van der Waals surface area (Å²) in [6, 6.07) is 1.00. The molecule has 0 bridgehead atoms. The van der Waals surface area contributed by atoms with Crippen LogP contribution in [0.1, 0.15) is 40.0 Å². The molecular weight excluding hydrogens is 188 g/mol. The highest BCUT2D eigenvalue weighted by atomic mass is 16.5. The van der Waals surface area contributed by atoms with Crippen molar-refractivity contribution in [3.05, 3.63) is 0 Å². The number of nitrogens with zero attached hydrogens (tertiary/aromatic N) is 1. The van der Waals surface area contributed by atoms with Crippen molar-refractivity contribution in [2.75, 3.05) is 13.2 Å². The van der Waals surface area contributed by atoms with E-state index in [4.69, 9.17) is 10.5 Å². The molecule has 0 radical (unpaired) electrons. The average molecular weight is 212 g/mol. The summed E-state index contributed by atoms with van der Waals surface area (Å²) in [5.74, 6) is 0. The maximum absolute atomic E-state index is 6.01. The number of rotatable bonds is 1. The molecule has 4 atom stereocenters. The Labute approximate surface area is 93.0 Å². The Kier molecular flexibility index (Phi) is 3.06. The van der Waals surface area contributed by atoms with E-state index in [1.807, 2.05) is 0 Å². The van der Waals surface area contributed by atoms with Crippen molar-refractivity contribution in [1.82, 2.24) is 4.90 Å². The lowest BCUT2D eigenvalue weighted by molar-refractivity contribution is -0.0181. The predicted molar refractivity (Wildman–Crippen MR) is 61.8 cm³/mol. The fraction of sp³-hybridized carbons (Fsp3) is 1.00. The van der Waals surface area contributed by atoms with Crippen LogP contribution in [-0.4, -0.2) is 41.8 Å². The molecule has 2 aliphatic heterocycles. The fourth-order valence-corrected chi connectivity index (χ4v) is 3.17. The molecule has 2 N–H and O–H groups in total. The van der Waals surface area contributed by atoms with E-state index in [1.165, 1.54) is 0 Å². The van der Waals surface area contributed by atoms with E-state index < -0.39 is 0 Å². The molecule has 0 spiro atoms. The molecule has 2 heterocycles. The van der Waals surface area contributed by atoms with Crippen molar-refractivity contribution in [2.45, 2.75) is 63.8 Å². The molecule has 3 nitrogen and oxygen atoms in total. The Morgan fingerprint density at radius 2 is 2.13 bits per heavy atom. The first-order valence-corrected chi connectivity index (χ1v) is 6.18. The van der Waals surface area contributed by atoms with Gasteiger partial charge in [-0.25, -0.2) is 0 Å². The lowest BCUT2D eigenvalue weighted by Gasteiger charge is -2.48. The monoisotopic (exact) mass is 212 g/mol. The van der Waals surface area contributed by atoms with Gasteiger partial charge in [-0.05, 0) is 40.0 Å². The molecule has 2 aliphatic rings. The van der Waals surface area contributed by atoms with Gasteiger partial charge in [-0.2, -0.15) is 0 Å². The Balaban J connectivity index is 2.09. The summed E-state index contributed by atoms with van der Waals surface area (Å²) < 4.78 is 5.72. The molecule has 0 aromatic rings. The highest BCUT2D eigenvalue weighted by molar-refractivity contribution is 4.99. The smallest absolute Gasteiger partial charge is 0.0728 e. The number of hydrogen-bond donors (Lipinski definition) is 1. The maximum atomic E-state index is 6.01. The molecule has 0 aliphatic carbocycles.